The lowest BCUT2D eigenvalue weighted by atomic mass is 9.83. The highest BCUT2D eigenvalue weighted by atomic mass is 16.7. The number of nitrogens with two attached hydrogens (primary N) is 1. The highest BCUT2D eigenvalue weighted by Crippen LogP contribution is 2.31. The molecule has 1 aromatic carbocycles. The SMILES string of the molecule is CC.CC1CC([C@@H](N)CC2CCCCC2)ON1Cc1ccccc1. The van der Waals surface area contributed by atoms with Gasteiger partial charge in [0.2, 0.25) is 0 Å². The molecule has 1 aromatic rings. The van der Waals surface area contributed by atoms with E-state index in [0.717, 1.165) is 25.3 Å². The molecule has 1 saturated carbocycles. The molecule has 0 spiro atoms. The summed E-state index contributed by atoms with van der Waals surface area (Å²) < 4.78 is 0. The van der Waals surface area contributed by atoms with Crippen LogP contribution in [0.2, 0.25) is 0 Å². The van der Waals surface area contributed by atoms with Crippen molar-refractivity contribution in [1.82, 2.24) is 5.06 Å². The molecular formula is C21H36N2O. The molecule has 3 rings (SSSR count). The topological polar surface area (TPSA) is 38.5 Å². The highest BCUT2D eigenvalue weighted by Gasteiger charge is 2.35. The van der Waals surface area contributed by atoms with Gasteiger partial charge in [0.15, 0.2) is 0 Å². The van der Waals surface area contributed by atoms with Crippen molar-refractivity contribution in [3.63, 3.8) is 0 Å². The summed E-state index contributed by atoms with van der Waals surface area (Å²) in [5, 5.41) is 2.13. The van der Waals surface area contributed by atoms with Crippen LogP contribution in [0.1, 0.15) is 71.3 Å². The van der Waals surface area contributed by atoms with E-state index in [-0.39, 0.29) is 12.1 Å². The van der Waals surface area contributed by atoms with Crippen LogP contribution in [0.25, 0.3) is 0 Å². The van der Waals surface area contributed by atoms with Gasteiger partial charge in [-0.2, -0.15) is 5.06 Å². The maximum atomic E-state index is 6.48. The van der Waals surface area contributed by atoms with E-state index in [1.165, 1.54) is 37.7 Å². The number of benzene rings is 1. The van der Waals surface area contributed by atoms with Gasteiger partial charge in [-0.1, -0.05) is 76.3 Å². The van der Waals surface area contributed by atoms with Gasteiger partial charge in [-0.05, 0) is 31.2 Å². The van der Waals surface area contributed by atoms with Crippen LogP contribution in [0.5, 0.6) is 0 Å². The molecule has 2 N–H and O–H groups in total. The standard InChI is InChI=1S/C19H30N2O.C2H6/c1-15-12-19(18(20)13-16-8-4-2-5-9-16)22-21(15)14-17-10-6-3-7-11-17;1-2/h3,6-7,10-11,15-16,18-19H,2,4-5,8-9,12-14,20H2,1H3;1-2H3/t15?,18-,19?;/m0./s1. The van der Waals surface area contributed by atoms with E-state index >= 15 is 0 Å². The van der Waals surface area contributed by atoms with Gasteiger partial charge in [0.25, 0.3) is 0 Å². The van der Waals surface area contributed by atoms with Crippen LogP contribution in [-0.2, 0) is 11.4 Å². The van der Waals surface area contributed by atoms with Gasteiger partial charge in [-0.3, -0.25) is 4.84 Å². The van der Waals surface area contributed by atoms with Crippen molar-refractivity contribution in [3.8, 4) is 0 Å². The lowest BCUT2D eigenvalue weighted by Gasteiger charge is -2.27. The van der Waals surface area contributed by atoms with Crippen molar-refractivity contribution in [2.75, 3.05) is 0 Å². The second kappa shape index (κ2) is 10.2. The van der Waals surface area contributed by atoms with Crippen molar-refractivity contribution in [3.05, 3.63) is 35.9 Å². The molecule has 1 aliphatic carbocycles. The zero-order valence-corrected chi connectivity index (χ0v) is 15.8. The monoisotopic (exact) mass is 332 g/mol. The highest BCUT2D eigenvalue weighted by molar-refractivity contribution is 5.14. The Kier molecular flexibility index (Phi) is 8.23. The molecule has 3 heteroatoms. The Bertz CT molecular complexity index is 444. The zero-order valence-electron chi connectivity index (χ0n) is 15.8. The number of nitrogens with zero attached hydrogens (tertiary/aromatic N) is 1. The van der Waals surface area contributed by atoms with Crippen LogP contribution >= 0.6 is 0 Å². The normalized spacial score (nSPS) is 26.7. The van der Waals surface area contributed by atoms with Gasteiger partial charge in [0, 0.05) is 18.6 Å². The maximum absolute atomic E-state index is 6.48. The summed E-state index contributed by atoms with van der Waals surface area (Å²) in [5.74, 6) is 0.825. The van der Waals surface area contributed by atoms with E-state index < -0.39 is 0 Å². The quantitative estimate of drug-likeness (QED) is 0.833. The second-order valence-electron chi connectivity index (χ2n) is 7.19. The van der Waals surface area contributed by atoms with Crippen LogP contribution in [0.3, 0.4) is 0 Å². The molecular weight excluding hydrogens is 296 g/mol. The van der Waals surface area contributed by atoms with E-state index in [1.54, 1.807) is 0 Å². The van der Waals surface area contributed by atoms with Crippen LogP contribution in [0.4, 0.5) is 0 Å². The minimum absolute atomic E-state index is 0.186. The number of hydroxylamine groups is 2. The Labute approximate surface area is 148 Å². The van der Waals surface area contributed by atoms with E-state index in [0.29, 0.717) is 6.04 Å². The van der Waals surface area contributed by atoms with Crippen molar-refractivity contribution in [2.24, 2.45) is 11.7 Å². The summed E-state index contributed by atoms with van der Waals surface area (Å²) in [4.78, 5) is 6.19. The van der Waals surface area contributed by atoms with Gasteiger partial charge in [0.1, 0.15) is 0 Å². The molecule has 136 valence electrons. The molecule has 0 aromatic heterocycles. The van der Waals surface area contributed by atoms with E-state index in [1.807, 2.05) is 13.8 Å². The van der Waals surface area contributed by atoms with Crippen molar-refractivity contribution in [2.45, 2.75) is 90.4 Å². The molecule has 24 heavy (non-hydrogen) atoms. The second-order valence-corrected chi connectivity index (χ2v) is 7.19. The Morgan fingerprint density at radius 1 is 1.12 bits per heavy atom. The molecule has 2 unspecified atom stereocenters. The fraction of sp³-hybridized carbons (Fsp3) is 0.714. The van der Waals surface area contributed by atoms with Crippen LogP contribution in [-0.4, -0.2) is 23.3 Å². The third kappa shape index (κ3) is 5.58. The van der Waals surface area contributed by atoms with Crippen LogP contribution in [0.15, 0.2) is 30.3 Å². The number of rotatable bonds is 5. The summed E-state index contributed by atoms with van der Waals surface area (Å²) in [7, 11) is 0. The smallest absolute Gasteiger partial charge is 0.0959 e. The molecule has 0 radical (unpaired) electrons. The molecule has 1 aliphatic heterocycles. The maximum Gasteiger partial charge on any atom is 0.0959 e. The number of hydrogen-bond donors (Lipinski definition) is 1. The first-order valence-corrected chi connectivity index (χ1v) is 9.95. The van der Waals surface area contributed by atoms with E-state index in [9.17, 15) is 0 Å². The zero-order chi connectivity index (χ0) is 17.4. The van der Waals surface area contributed by atoms with Gasteiger partial charge in [-0.25, -0.2) is 0 Å². The molecule has 0 amide bonds. The Hall–Kier alpha value is -0.900. The molecule has 0 bridgehead atoms. The first-order valence-electron chi connectivity index (χ1n) is 9.95. The van der Waals surface area contributed by atoms with E-state index in [2.05, 4.69) is 42.3 Å². The summed E-state index contributed by atoms with van der Waals surface area (Å²) in [5.41, 5.74) is 7.78. The number of hydrogen-bond acceptors (Lipinski definition) is 3. The largest absolute Gasteiger partial charge is 0.325 e. The van der Waals surface area contributed by atoms with E-state index in [4.69, 9.17) is 10.6 Å². The molecule has 3 atom stereocenters. The third-order valence-corrected chi connectivity index (χ3v) is 5.32. The lowest BCUT2D eigenvalue weighted by Crippen LogP contribution is -2.37. The lowest BCUT2D eigenvalue weighted by molar-refractivity contribution is -0.172. The van der Waals surface area contributed by atoms with Gasteiger partial charge in [0.05, 0.1) is 6.10 Å². The van der Waals surface area contributed by atoms with Gasteiger partial charge < -0.3 is 5.73 Å². The average molecular weight is 333 g/mol. The Morgan fingerprint density at radius 2 is 1.79 bits per heavy atom. The Morgan fingerprint density at radius 3 is 2.46 bits per heavy atom. The van der Waals surface area contributed by atoms with Crippen molar-refractivity contribution < 1.29 is 4.84 Å². The Balaban J connectivity index is 0.00000100. The summed E-state index contributed by atoms with van der Waals surface area (Å²) in [6.45, 7) is 7.10. The predicted octanol–water partition coefficient (Wildman–Crippen LogP) is 4.90. The fourth-order valence-electron chi connectivity index (χ4n) is 3.94. The molecule has 3 nitrogen and oxygen atoms in total. The minimum Gasteiger partial charge on any atom is -0.325 e. The average Bonchev–Trinajstić information content (AvgIpc) is 2.99. The molecule has 2 fully saturated rings. The van der Waals surface area contributed by atoms with Crippen molar-refractivity contribution >= 4 is 0 Å². The molecule has 1 saturated heterocycles. The summed E-state index contributed by atoms with van der Waals surface area (Å²) in [6.07, 6.45) is 9.30. The summed E-state index contributed by atoms with van der Waals surface area (Å²) in [6, 6.07) is 11.2. The van der Waals surface area contributed by atoms with Crippen LogP contribution in [0, 0.1) is 5.92 Å². The molecule has 2 aliphatic rings. The first-order chi connectivity index (χ1) is 11.7. The third-order valence-electron chi connectivity index (χ3n) is 5.32. The minimum atomic E-state index is 0.186. The molecule has 1 heterocycles. The summed E-state index contributed by atoms with van der Waals surface area (Å²) >= 11 is 0. The van der Waals surface area contributed by atoms with Crippen LogP contribution < -0.4 is 5.73 Å². The fourth-order valence-corrected chi connectivity index (χ4v) is 3.94. The first kappa shape index (κ1) is 19.4. The predicted molar refractivity (Wildman–Crippen MR) is 101 cm³/mol. The van der Waals surface area contributed by atoms with Gasteiger partial charge in [-0.15, -0.1) is 0 Å². The van der Waals surface area contributed by atoms with Gasteiger partial charge >= 0.3 is 0 Å². The van der Waals surface area contributed by atoms with Crippen molar-refractivity contribution in [1.29, 1.82) is 0 Å².